The average molecular weight is 315 g/mol. The summed E-state index contributed by atoms with van der Waals surface area (Å²) in [5, 5.41) is 7.54. The number of aromatic nitrogens is 3. The van der Waals surface area contributed by atoms with E-state index in [-0.39, 0.29) is 17.4 Å². The van der Waals surface area contributed by atoms with E-state index in [2.05, 4.69) is 10.4 Å². The quantitative estimate of drug-likeness (QED) is 0.927. The second-order valence-electron chi connectivity index (χ2n) is 6.12. The van der Waals surface area contributed by atoms with Crippen molar-refractivity contribution >= 4 is 17.4 Å². The molecule has 0 saturated carbocycles. The fraction of sp³-hybridized carbons (Fsp3) is 0.438. The number of pyridine rings is 1. The highest BCUT2D eigenvalue weighted by atomic mass is 16.2. The van der Waals surface area contributed by atoms with Crippen molar-refractivity contribution in [2.75, 3.05) is 11.9 Å². The number of amides is 1. The van der Waals surface area contributed by atoms with E-state index in [4.69, 9.17) is 0 Å². The molecule has 3 rings (SSSR count). The standard InChI is InChI=1S/C16H21N5O2/c1-11(2)15(22)20-7-8-21-12(10-20)9-14(18-21)17-13-5-4-6-19(3)16(13)23/h4-6,9,11H,7-8,10H2,1-3H3,(H,17,18). The van der Waals surface area contributed by atoms with Crippen molar-refractivity contribution in [3.8, 4) is 0 Å². The molecule has 0 aromatic carbocycles. The normalized spacial score (nSPS) is 14.0. The first-order valence-electron chi connectivity index (χ1n) is 7.74. The van der Waals surface area contributed by atoms with Crippen molar-refractivity contribution in [3.05, 3.63) is 40.4 Å². The van der Waals surface area contributed by atoms with Crippen LogP contribution >= 0.6 is 0 Å². The van der Waals surface area contributed by atoms with Gasteiger partial charge in [0, 0.05) is 31.8 Å². The lowest BCUT2D eigenvalue weighted by Gasteiger charge is -2.28. The molecule has 0 unspecified atom stereocenters. The van der Waals surface area contributed by atoms with Crippen LogP contribution in [0.4, 0.5) is 11.5 Å². The van der Waals surface area contributed by atoms with Crippen LogP contribution in [0.3, 0.4) is 0 Å². The Balaban J connectivity index is 1.80. The van der Waals surface area contributed by atoms with Gasteiger partial charge in [0.25, 0.3) is 5.56 Å². The van der Waals surface area contributed by atoms with Crippen molar-refractivity contribution in [2.45, 2.75) is 26.9 Å². The molecule has 0 bridgehead atoms. The molecule has 1 amide bonds. The zero-order valence-electron chi connectivity index (χ0n) is 13.6. The van der Waals surface area contributed by atoms with Gasteiger partial charge in [-0.1, -0.05) is 13.8 Å². The van der Waals surface area contributed by atoms with Crippen LogP contribution in [0.5, 0.6) is 0 Å². The summed E-state index contributed by atoms with van der Waals surface area (Å²) in [6.07, 6.45) is 1.71. The fourth-order valence-electron chi connectivity index (χ4n) is 2.71. The summed E-state index contributed by atoms with van der Waals surface area (Å²) in [4.78, 5) is 26.0. The van der Waals surface area contributed by atoms with Crippen molar-refractivity contribution in [3.63, 3.8) is 0 Å². The zero-order chi connectivity index (χ0) is 16.6. The van der Waals surface area contributed by atoms with E-state index in [9.17, 15) is 9.59 Å². The Labute approximate surface area is 134 Å². The van der Waals surface area contributed by atoms with E-state index < -0.39 is 0 Å². The smallest absolute Gasteiger partial charge is 0.274 e. The SMILES string of the molecule is CC(C)C(=O)N1CCn2nc(Nc3cccn(C)c3=O)cc2C1. The van der Waals surface area contributed by atoms with Crippen molar-refractivity contribution in [1.29, 1.82) is 0 Å². The third-order valence-corrected chi connectivity index (χ3v) is 3.99. The summed E-state index contributed by atoms with van der Waals surface area (Å²) in [7, 11) is 1.71. The van der Waals surface area contributed by atoms with E-state index in [0.29, 0.717) is 31.1 Å². The molecule has 1 aliphatic heterocycles. The zero-order valence-corrected chi connectivity index (χ0v) is 13.6. The van der Waals surface area contributed by atoms with Gasteiger partial charge < -0.3 is 14.8 Å². The van der Waals surface area contributed by atoms with Crippen LogP contribution in [0.2, 0.25) is 0 Å². The van der Waals surface area contributed by atoms with E-state index in [0.717, 1.165) is 5.69 Å². The Morgan fingerprint density at radius 3 is 2.87 bits per heavy atom. The van der Waals surface area contributed by atoms with Gasteiger partial charge in [0.05, 0.1) is 18.8 Å². The van der Waals surface area contributed by atoms with E-state index >= 15 is 0 Å². The maximum atomic E-state index is 12.1. The molecule has 1 aliphatic rings. The molecule has 2 aromatic rings. The second kappa shape index (κ2) is 5.91. The van der Waals surface area contributed by atoms with Gasteiger partial charge in [0.1, 0.15) is 5.69 Å². The van der Waals surface area contributed by atoms with E-state index in [1.807, 2.05) is 35.6 Å². The highest BCUT2D eigenvalue weighted by Crippen LogP contribution is 2.19. The molecule has 0 radical (unpaired) electrons. The summed E-state index contributed by atoms with van der Waals surface area (Å²) in [6.45, 7) is 5.71. The molecule has 23 heavy (non-hydrogen) atoms. The Bertz CT molecular complexity index is 790. The van der Waals surface area contributed by atoms with Crippen LogP contribution in [0.25, 0.3) is 0 Å². The molecule has 0 fully saturated rings. The Hall–Kier alpha value is -2.57. The van der Waals surface area contributed by atoms with Crippen LogP contribution in [-0.2, 0) is 24.9 Å². The third kappa shape index (κ3) is 2.99. The molecule has 2 aromatic heterocycles. The van der Waals surface area contributed by atoms with Gasteiger partial charge in [-0.05, 0) is 12.1 Å². The van der Waals surface area contributed by atoms with Gasteiger partial charge >= 0.3 is 0 Å². The number of rotatable bonds is 3. The molecule has 122 valence electrons. The van der Waals surface area contributed by atoms with Crippen LogP contribution in [0.15, 0.2) is 29.2 Å². The predicted molar refractivity (Wildman–Crippen MR) is 87.4 cm³/mol. The van der Waals surface area contributed by atoms with Gasteiger partial charge in [0.2, 0.25) is 5.91 Å². The molecule has 7 heteroatoms. The molecule has 1 N–H and O–H groups in total. The van der Waals surface area contributed by atoms with Crippen LogP contribution in [0.1, 0.15) is 19.5 Å². The molecular formula is C16H21N5O2. The monoisotopic (exact) mass is 315 g/mol. The fourth-order valence-corrected chi connectivity index (χ4v) is 2.71. The second-order valence-corrected chi connectivity index (χ2v) is 6.12. The summed E-state index contributed by atoms with van der Waals surface area (Å²) >= 11 is 0. The first-order valence-corrected chi connectivity index (χ1v) is 7.74. The minimum atomic E-state index is -0.102. The number of nitrogens with one attached hydrogen (secondary N) is 1. The van der Waals surface area contributed by atoms with Crippen molar-refractivity contribution in [1.82, 2.24) is 19.2 Å². The van der Waals surface area contributed by atoms with Crippen LogP contribution in [-0.4, -0.2) is 31.7 Å². The largest absolute Gasteiger partial charge is 0.335 e. The Kier molecular flexibility index (Phi) is 3.94. The lowest BCUT2D eigenvalue weighted by atomic mass is 10.1. The molecule has 7 nitrogen and oxygen atoms in total. The lowest BCUT2D eigenvalue weighted by Crippen LogP contribution is -2.40. The summed E-state index contributed by atoms with van der Waals surface area (Å²) in [5.41, 5.74) is 1.36. The van der Waals surface area contributed by atoms with Gasteiger partial charge in [-0.2, -0.15) is 5.10 Å². The number of aryl methyl sites for hydroxylation is 1. The van der Waals surface area contributed by atoms with Crippen molar-refractivity contribution < 1.29 is 4.79 Å². The van der Waals surface area contributed by atoms with Gasteiger partial charge in [-0.15, -0.1) is 0 Å². The maximum Gasteiger partial charge on any atom is 0.274 e. The van der Waals surface area contributed by atoms with Gasteiger partial charge in [0.15, 0.2) is 5.82 Å². The Morgan fingerprint density at radius 1 is 1.35 bits per heavy atom. The molecule has 0 aliphatic carbocycles. The number of hydrogen-bond acceptors (Lipinski definition) is 4. The van der Waals surface area contributed by atoms with E-state index in [1.165, 1.54) is 4.57 Å². The third-order valence-electron chi connectivity index (χ3n) is 3.99. The minimum absolute atomic E-state index is 0.00518. The Morgan fingerprint density at radius 2 is 2.13 bits per heavy atom. The molecule has 0 spiro atoms. The van der Waals surface area contributed by atoms with E-state index in [1.54, 1.807) is 19.3 Å². The number of carbonyl (C=O) groups excluding carboxylic acids is 1. The highest BCUT2D eigenvalue weighted by molar-refractivity contribution is 5.78. The lowest BCUT2D eigenvalue weighted by molar-refractivity contribution is -0.136. The number of carbonyl (C=O) groups is 1. The first-order chi connectivity index (χ1) is 11.0. The summed E-state index contributed by atoms with van der Waals surface area (Å²) in [6, 6.07) is 5.43. The number of nitrogens with zero attached hydrogens (tertiary/aromatic N) is 4. The highest BCUT2D eigenvalue weighted by Gasteiger charge is 2.24. The molecular weight excluding hydrogens is 294 g/mol. The number of hydrogen-bond donors (Lipinski definition) is 1. The minimum Gasteiger partial charge on any atom is -0.335 e. The topological polar surface area (TPSA) is 72.2 Å². The summed E-state index contributed by atoms with van der Waals surface area (Å²) < 4.78 is 3.40. The van der Waals surface area contributed by atoms with Crippen molar-refractivity contribution in [2.24, 2.45) is 13.0 Å². The molecule has 3 heterocycles. The van der Waals surface area contributed by atoms with Gasteiger partial charge in [-0.3, -0.25) is 14.3 Å². The maximum absolute atomic E-state index is 12.1. The number of fused-ring (bicyclic) bond motifs is 1. The molecule has 0 atom stereocenters. The summed E-state index contributed by atoms with van der Waals surface area (Å²) in [5.74, 6) is 0.778. The first kappa shape index (κ1) is 15.3. The predicted octanol–water partition coefficient (Wildman–Crippen LogP) is 1.32. The average Bonchev–Trinajstić information content (AvgIpc) is 2.92. The van der Waals surface area contributed by atoms with Gasteiger partial charge in [-0.25, -0.2) is 0 Å². The van der Waals surface area contributed by atoms with Crippen LogP contribution in [0, 0.1) is 5.92 Å². The number of anilines is 2. The van der Waals surface area contributed by atoms with Crippen LogP contribution < -0.4 is 10.9 Å². The molecule has 0 saturated heterocycles.